The molecule has 0 radical (unpaired) electrons. The molecule has 0 aliphatic carbocycles. The molecule has 0 unspecified atom stereocenters. The summed E-state index contributed by atoms with van der Waals surface area (Å²) in [5, 5.41) is 0.990. The van der Waals surface area contributed by atoms with Crippen LogP contribution in [0.3, 0.4) is 0 Å². The van der Waals surface area contributed by atoms with Gasteiger partial charge in [0.25, 0.3) is 0 Å². The van der Waals surface area contributed by atoms with E-state index in [-0.39, 0.29) is 5.78 Å². The number of carbonyl (C=O) groups is 1. The van der Waals surface area contributed by atoms with Gasteiger partial charge in [-0.25, -0.2) is 0 Å². The molecule has 1 aromatic heterocycles. The molecule has 15 heavy (non-hydrogen) atoms. The average Bonchev–Trinajstić information content (AvgIpc) is 2.70. The Morgan fingerprint density at radius 3 is 2.80 bits per heavy atom. The Hall–Kier alpha value is -1.83. The summed E-state index contributed by atoms with van der Waals surface area (Å²) in [7, 11) is 0. The SMILES string of the molecule is CC=C(C)C(=O)c1c[nH]c2ccccc12. The largest absolute Gasteiger partial charge is 0.360 e. The first-order chi connectivity index (χ1) is 7.24. The molecule has 0 aliphatic rings. The molecule has 76 valence electrons. The van der Waals surface area contributed by atoms with E-state index < -0.39 is 0 Å². The van der Waals surface area contributed by atoms with Gasteiger partial charge < -0.3 is 4.98 Å². The van der Waals surface area contributed by atoms with E-state index in [1.165, 1.54) is 0 Å². The first kappa shape index (κ1) is 9.71. The minimum absolute atomic E-state index is 0.0925. The second-order valence-electron chi connectivity index (χ2n) is 3.55. The van der Waals surface area contributed by atoms with Crippen molar-refractivity contribution in [2.45, 2.75) is 13.8 Å². The molecule has 1 heterocycles. The summed E-state index contributed by atoms with van der Waals surface area (Å²) in [5.41, 5.74) is 2.53. The van der Waals surface area contributed by atoms with Crippen LogP contribution in [0.15, 0.2) is 42.1 Å². The van der Waals surface area contributed by atoms with Crippen molar-refractivity contribution >= 4 is 16.7 Å². The molecule has 2 rings (SSSR count). The Morgan fingerprint density at radius 2 is 2.07 bits per heavy atom. The predicted octanol–water partition coefficient (Wildman–Crippen LogP) is 3.32. The number of hydrogen-bond acceptors (Lipinski definition) is 1. The zero-order valence-corrected chi connectivity index (χ0v) is 8.87. The molecular formula is C13H13NO. The molecular weight excluding hydrogens is 186 g/mol. The molecule has 0 saturated carbocycles. The summed E-state index contributed by atoms with van der Waals surface area (Å²) >= 11 is 0. The maximum atomic E-state index is 12.0. The molecule has 2 nitrogen and oxygen atoms in total. The highest BCUT2D eigenvalue weighted by atomic mass is 16.1. The van der Waals surface area contributed by atoms with Crippen LogP contribution >= 0.6 is 0 Å². The van der Waals surface area contributed by atoms with Gasteiger partial charge in [-0.1, -0.05) is 24.3 Å². The number of allylic oxidation sites excluding steroid dienone is 2. The molecule has 0 aliphatic heterocycles. The third-order valence-corrected chi connectivity index (χ3v) is 2.63. The predicted molar refractivity (Wildman–Crippen MR) is 62.1 cm³/mol. The van der Waals surface area contributed by atoms with Gasteiger partial charge in [0.1, 0.15) is 0 Å². The third-order valence-electron chi connectivity index (χ3n) is 2.63. The first-order valence-electron chi connectivity index (χ1n) is 4.97. The van der Waals surface area contributed by atoms with E-state index >= 15 is 0 Å². The number of H-pyrrole nitrogens is 1. The standard InChI is InChI=1S/C13H13NO/c1-3-9(2)13(15)11-8-14-12-7-5-4-6-10(11)12/h3-8,14H,1-2H3. The van der Waals surface area contributed by atoms with Crippen molar-refractivity contribution in [3.63, 3.8) is 0 Å². The second kappa shape index (κ2) is 3.73. The normalized spacial score (nSPS) is 12.0. The summed E-state index contributed by atoms with van der Waals surface area (Å²) in [4.78, 5) is 15.1. The molecule has 0 saturated heterocycles. The van der Waals surface area contributed by atoms with E-state index in [9.17, 15) is 4.79 Å². The van der Waals surface area contributed by atoms with Gasteiger partial charge in [-0.05, 0) is 25.5 Å². The molecule has 0 atom stereocenters. The van der Waals surface area contributed by atoms with Crippen LogP contribution in [-0.2, 0) is 0 Å². The van der Waals surface area contributed by atoms with Crippen LogP contribution in [-0.4, -0.2) is 10.8 Å². The lowest BCUT2D eigenvalue weighted by atomic mass is 10.0. The number of aromatic amines is 1. The number of fused-ring (bicyclic) bond motifs is 1. The number of nitrogens with one attached hydrogen (secondary N) is 1. The third kappa shape index (κ3) is 1.59. The van der Waals surface area contributed by atoms with E-state index in [0.29, 0.717) is 0 Å². The van der Waals surface area contributed by atoms with Crippen molar-refractivity contribution in [1.29, 1.82) is 0 Å². The fourth-order valence-corrected chi connectivity index (χ4v) is 1.60. The van der Waals surface area contributed by atoms with Crippen LogP contribution in [0.5, 0.6) is 0 Å². The van der Waals surface area contributed by atoms with Gasteiger partial charge in [0.15, 0.2) is 5.78 Å². The number of benzene rings is 1. The highest BCUT2D eigenvalue weighted by Gasteiger charge is 2.12. The van der Waals surface area contributed by atoms with Crippen molar-refractivity contribution in [2.24, 2.45) is 0 Å². The Balaban J connectivity index is 2.58. The van der Waals surface area contributed by atoms with Crippen molar-refractivity contribution in [2.75, 3.05) is 0 Å². The lowest BCUT2D eigenvalue weighted by Crippen LogP contribution is -1.98. The van der Waals surface area contributed by atoms with Crippen molar-refractivity contribution in [3.8, 4) is 0 Å². The van der Waals surface area contributed by atoms with Gasteiger partial charge in [-0.15, -0.1) is 0 Å². The number of ketones is 1. The van der Waals surface area contributed by atoms with Gasteiger partial charge >= 0.3 is 0 Å². The van der Waals surface area contributed by atoms with Crippen LogP contribution < -0.4 is 0 Å². The summed E-state index contributed by atoms with van der Waals surface area (Å²) in [6.45, 7) is 3.71. The zero-order chi connectivity index (χ0) is 10.8. The van der Waals surface area contributed by atoms with E-state index in [2.05, 4.69) is 4.98 Å². The molecule has 2 heteroatoms. The molecule has 2 aromatic rings. The number of para-hydroxylation sites is 1. The summed E-state index contributed by atoms with van der Waals surface area (Å²) in [6.07, 6.45) is 3.62. The van der Waals surface area contributed by atoms with Gasteiger partial charge in [0.05, 0.1) is 0 Å². The number of hydrogen-bond donors (Lipinski definition) is 1. The number of aromatic nitrogens is 1. The highest BCUT2D eigenvalue weighted by Crippen LogP contribution is 2.20. The quantitative estimate of drug-likeness (QED) is 0.584. The highest BCUT2D eigenvalue weighted by molar-refractivity contribution is 6.15. The first-order valence-corrected chi connectivity index (χ1v) is 4.97. The van der Waals surface area contributed by atoms with E-state index in [4.69, 9.17) is 0 Å². The Kier molecular flexibility index (Phi) is 2.42. The van der Waals surface area contributed by atoms with Crippen LogP contribution in [0.1, 0.15) is 24.2 Å². The lowest BCUT2D eigenvalue weighted by molar-refractivity contribution is 0.103. The number of Topliss-reactive ketones (excluding diaryl/α,β-unsaturated/α-hetero) is 1. The summed E-state index contributed by atoms with van der Waals surface area (Å²) in [5.74, 6) is 0.0925. The monoisotopic (exact) mass is 199 g/mol. The minimum Gasteiger partial charge on any atom is -0.360 e. The van der Waals surface area contributed by atoms with Crippen LogP contribution in [0, 0.1) is 0 Å². The maximum absolute atomic E-state index is 12.0. The summed E-state index contributed by atoms with van der Waals surface area (Å²) < 4.78 is 0. The van der Waals surface area contributed by atoms with Crippen LogP contribution in [0.2, 0.25) is 0 Å². The Bertz CT molecular complexity index is 534. The fraction of sp³-hybridized carbons (Fsp3) is 0.154. The average molecular weight is 199 g/mol. The summed E-state index contributed by atoms with van der Waals surface area (Å²) in [6, 6.07) is 7.83. The van der Waals surface area contributed by atoms with Gasteiger partial charge in [0.2, 0.25) is 0 Å². The molecule has 0 bridgehead atoms. The van der Waals surface area contributed by atoms with Crippen molar-refractivity contribution < 1.29 is 4.79 Å². The van der Waals surface area contributed by atoms with E-state index in [1.807, 2.05) is 44.2 Å². The zero-order valence-electron chi connectivity index (χ0n) is 8.87. The van der Waals surface area contributed by atoms with Gasteiger partial charge in [-0.2, -0.15) is 0 Å². The molecule has 0 amide bonds. The molecule has 1 N–H and O–H groups in total. The van der Waals surface area contributed by atoms with Crippen molar-refractivity contribution in [1.82, 2.24) is 4.98 Å². The van der Waals surface area contributed by atoms with E-state index in [0.717, 1.165) is 22.0 Å². The lowest BCUT2D eigenvalue weighted by Gasteiger charge is -1.97. The topological polar surface area (TPSA) is 32.9 Å². The fourth-order valence-electron chi connectivity index (χ4n) is 1.60. The number of rotatable bonds is 2. The Morgan fingerprint density at radius 1 is 1.33 bits per heavy atom. The smallest absolute Gasteiger partial charge is 0.190 e. The van der Waals surface area contributed by atoms with E-state index in [1.54, 1.807) is 6.20 Å². The van der Waals surface area contributed by atoms with Gasteiger partial charge in [0, 0.05) is 22.7 Å². The second-order valence-corrected chi connectivity index (χ2v) is 3.55. The molecule has 0 spiro atoms. The minimum atomic E-state index is 0.0925. The van der Waals surface area contributed by atoms with Gasteiger partial charge in [-0.3, -0.25) is 4.79 Å². The molecule has 0 fully saturated rings. The van der Waals surface area contributed by atoms with Crippen LogP contribution in [0.25, 0.3) is 10.9 Å². The van der Waals surface area contributed by atoms with Crippen LogP contribution in [0.4, 0.5) is 0 Å². The number of carbonyl (C=O) groups excluding carboxylic acids is 1. The maximum Gasteiger partial charge on any atom is 0.190 e. The Labute approximate surface area is 88.6 Å². The molecule has 1 aromatic carbocycles. The van der Waals surface area contributed by atoms with Crippen molar-refractivity contribution in [3.05, 3.63) is 47.7 Å².